The Hall–Kier alpha value is -5.13. The van der Waals surface area contributed by atoms with Crippen molar-refractivity contribution in [2.24, 2.45) is 11.0 Å². The lowest BCUT2D eigenvalue weighted by molar-refractivity contribution is -0.129. The van der Waals surface area contributed by atoms with Crippen LogP contribution in [0.2, 0.25) is 0 Å². The van der Waals surface area contributed by atoms with Gasteiger partial charge in [0.05, 0.1) is 22.9 Å². The van der Waals surface area contributed by atoms with Gasteiger partial charge in [-0.2, -0.15) is 5.11 Å². The third kappa shape index (κ3) is 5.55. The number of carbonyl (C=O) groups is 1. The highest BCUT2D eigenvalue weighted by Gasteiger charge is 2.40. The van der Waals surface area contributed by atoms with Gasteiger partial charge in [-0.3, -0.25) is 4.79 Å². The minimum absolute atomic E-state index is 0.0310. The first-order valence-electron chi connectivity index (χ1n) is 14.1. The highest BCUT2D eigenvalue weighted by atomic mass is 19.1. The molecule has 1 atom stereocenters. The molecular weight excluding hydrogens is 549 g/mol. The molecule has 11 nitrogen and oxygen atoms in total. The molecule has 1 amide bonds. The molecule has 3 N–H and O–H groups in total. The molecule has 2 aliphatic rings. The van der Waals surface area contributed by atoms with Gasteiger partial charge >= 0.3 is 0 Å². The van der Waals surface area contributed by atoms with E-state index in [1.807, 2.05) is 17.0 Å². The first-order chi connectivity index (χ1) is 20.9. The lowest BCUT2D eigenvalue weighted by Gasteiger charge is -2.42. The smallest absolute Gasteiger partial charge is 0.246 e. The number of hydrogen-bond acceptors (Lipinski definition) is 10. The van der Waals surface area contributed by atoms with Gasteiger partial charge in [0.2, 0.25) is 5.91 Å². The van der Waals surface area contributed by atoms with Gasteiger partial charge in [0, 0.05) is 38.3 Å². The molecule has 1 aliphatic carbocycles. The van der Waals surface area contributed by atoms with Crippen LogP contribution in [0.25, 0.3) is 11.0 Å². The van der Waals surface area contributed by atoms with Crippen LogP contribution < -0.4 is 20.3 Å². The Morgan fingerprint density at radius 2 is 1.98 bits per heavy atom. The fraction of sp³-hybridized carbons (Fsp3) is 0.290. The van der Waals surface area contributed by atoms with Crippen molar-refractivity contribution in [1.82, 2.24) is 19.9 Å². The minimum atomic E-state index is -0.493. The second-order valence-electron chi connectivity index (χ2n) is 10.7. The molecule has 4 aromatic rings. The molecule has 12 heteroatoms. The summed E-state index contributed by atoms with van der Waals surface area (Å²) in [6.45, 7) is 7.23. The molecule has 1 saturated carbocycles. The average molecular weight is 582 g/mol. The summed E-state index contributed by atoms with van der Waals surface area (Å²) in [5, 5.41) is 9.59. The fourth-order valence-corrected chi connectivity index (χ4v) is 5.50. The van der Waals surface area contributed by atoms with Gasteiger partial charge in [0.1, 0.15) is 34.8 Å². The number of anilines is 4. The van der Waals surface area contributed by atoms with Crippen LogP contribution in [0.4, 0.5) is 33.1 Å². The summed E-state index contributed by atoms with van der Waals surface area (Å²) >= 11 is 0. The first kappa shape index (κ1) is 28.0. The quantitative estimate of drug-likeness (QED) is 0.154. The zero-order chi connectivity index (χ0) is 30.1. The summed E-state index contributed by atoms with van der Waals surface area (Å²) in [6.07, 6.45) is 5.04. The maximum atomic E-state index is 15.6. The standard InChI is InChI=1S/C31H32FN9O2/c1-4-28(42)41-14-13-40(16-25(41)19-5-6-19)27-12-10-23-30(38-27)31(36-17-35-23)37-22-9-11-26(18(2)29(22)32)43-20-7-8-21(34-3)24(15-20)39-33/h4,7-12,15,17,19,25,33-34H,1,5-6,13-14,16H2,2-3H3,(H,35,36,37)/t25-/m1/s1. The zero-order valence-electron chi connectivity index (χ0n) is 24.0. The Bertz CT molecular complexity index is 1730. The number of pyridine rings is 1. The number of hydrogen-bond donors (Lipinski definition) is 3. The van der Waals surface area contributed by atoms with Crippen LogP contribution in [0, 0.1) is 24.2 Å². The van der Waals surface area contributed by atoms with Crippen molar-refractivity contribution < 1.29 is 13.9 Å². The number of nitrogens with one attached hydrogen (secondary N) is 3. The number of fused-ring (bicyclic) bond motifs is 1. The SMILES string of the molecule is C=CC(=O)N1CCN(c2ccc3ncnc(Nc4ccc(Oc5ccc(NC)c(N=N)c5)c(C)c4F)c3n2)C[C@@H]1C1CC1. The van der Waals surface area contributed by atoms with E-state index >= 15 is 4.39 Å². The van der Waals surface area contributed by atoms with Crippen molar-refractivity contribution in [1.29, 1.82) is 5.53 Å². The summed E-state index contributed by atoms with van der Waals surface area (Å²) in [6, 6.07) is 12.3. The summed E-state index contributed by atoms with van der Waals surface area (Å²) < 4.78 is 21.6. The Morgan fingerprint density at radius 1 is 1.16 bits per heavy atom. The number of ether oxygens (including phenoxy) is 1. The second kappa shape index (κ2) is 11.6. The molecule has 0 bridgehead atoms. The topological polar surface area (TPSA) is 132 Å². The maximum Gasteiger partial charge on any atom is 0.246 e. The largest absolute Gasteiger partial charge is 0.457 e. The van der Waals surface area contributed by atoms with Crippen LogP contribution in [-0.4, -0.2) is 58.5 Å². The van der Waals surface area contributed by atoms with E-state index in [1.54, 1.807) is 44.3 Å². The zero-order valence-corrected chi connectivity index (χ0v) is 24.0. The van der Waals surface area contributed by atoms with Crippen molar-refractivity contribution in [3.8, 4) is 11.5 Å². The van der Waals surface area contributed by atoms with Gasteiger partial charge in [-0.15, -0.1) is 0 Å². The van der Waals surface area contributed by atoms with Crippen molar-refractivity contribution >= 4 is 45.6 Å². The molecule has 6 rings (SSSR count). The molecular formula is C31H32FN9O2. The van der Waals surface area contributed by atoms with Gasteiger partial charge < -0.3 is 25.2 Å². The summed E-state index contributed by atoms with van der Waals surface area (Å²) in [5.41, 5.74) is 10.1. The van der Waals surface area contributed by atoms with E-state index in [9.17, 15) is 4.79 Å². The van der Waals surface area contributed by atoms with E-state index < -0.39 is 5.82 Å². The number of amides is 1. The monoisotopic (exact) mass is 581 g/mol. The minimum Gasteiger partial charge on any atom is -0.457 e. The number of halogens is 1. The van der Waals surface area contributed by atoms with Crippen LogP contribution in [0.5, 0.6) is 11.5 Å². The molecule has 2 fully saturated rings. The average Bonchev–Trinajstić information content (AvgIpc) is 3.89. The van der Waals surface area contributed by atoms with Gasteiger partial charge in [-0.05, 0) is 68.2 Å². The normalized spacial score (nSPS) is 16.6. The predicted molar refractivity (Wildman–Crippen MR) is 163 cm³/mol. The summed E-state index contributed by atoms with van der Waals surface area (Å²) in [4.78, 5) is 30.2. The Morgan fingerprint density at radius 3 is 2.72 bits per heavy atom. The fourth-order valence-electron chi connectivity index (χ4n) is 5.50. The maximum absolute atomic E-state index is 15.6. The van der Waals surface area contributed by atoms with Gasteiger partial charge in [-0.1, -0.05) is 6.58 Å². The van der Waals surface area contributed by atoms with Gasteiger partial charge in [0.25, 0.3) is 0 Å². The predicted octanol–water partition coefficient (Wildman–Crippen LogP) is 6.33. The summed E-state index contributed by atoms with van der Waals surface area (Å²) in [7, 11) is 1.74. The van der Waals surface area contributed by atoms with E-state index in [2.05, 4.69) is 37.2 Å². The van der Waals surface area contributed by atoms with Crippen molar-refractivity contribution in [3.05, 3.63) is 72.8 Å². The molecule has 2 aromatic carbocycles. The van der Waals surface area contributed by atoms with E-state index in [4.69, 9.17) is 15.3 Å². The van der Waals surface area contributed by atoms with Crippen LogP contribution in [0.1, 0.15) is 18.4 Å². The van der Waals surface area contributed by atoms with E-state index in [-0.39, 0.29) is 17.6 Å². The molecule has 43 heavy (non-hydrogen) atoms. The molecule has 3 heterocycles. The summed E-state index contributed by atoms with van der Waals surface area (Å²) in [5.74, 6) is 1.87. The second-order valence-corrected chi connectivity index (χ2v) is 10.7. The number of rotatable bonds is 9. The molecule has 220 valence electrons. The number of nitrogens with zero attached hydrogens (tertiary/aromatic N) is 6. The Balaban J connectivity index is 1.25. The van der Waals surface area contributed by atoms with E-state index in [1.165, 1.54) is 12.4 Å². The van der Waals surface area contributed by atoms with E-state index in [0.717, 1.165) is 18.7 Å². The Labute approximate surface area is 248 Å². The highest BCUT2D eigenvalue weighted by Crippen LogP contribution is 2.39. The van der Waals surface area contributed by atoms with Crippen LogP contribution in [0.15, 0.2) is 66.6 Å². The van der Waals surface area contributed by atoms with Crippen molar-refractivity contribution in [3.63, 3.8) is 0 Å². The molecule has 0 spiro atoms. The molecule has 0 unspecified atom stereocenters. The third-order valence-electron chi connectivity index (χ3n) is 8.01. The van der Waals surface area contributed by atoms with Gasteiger partial charge in [-0.25, -0.2) is 24.9 Å². The van der Waals surface area contributed by atoms with Crippen LogP contribution in [-0.2, 0) is 4.79 Å². The molecule has 1 aliphatic heterocycles. The van der Waals surface area contributed by atoms with Crippen molar-refractivity contribution in [2.75, 3.05) is 42.2 Å². The van der Waals surface area contributed by atoms with Crippen molar-refractivity contribution in [2.45, 2.75) is 25.8 Å². The number of aromatic nitrogens is 3. The van der Waals surface area contributed by atoms with Crippen LogP contribution >= 0.6 is 0 Å². The lowest BCUT2D eigenvalue weighted by atomic mass is 10.1. The highest BCUT2D eigenvalue weighted by molar-refractivity contribution is 5.89. The number of carbonyl (C=O) groups excluding carboxylic acids is 1. The Kier molecular flexibility index (Phi) is 7.58. The molecule has 2 aromatic heterocycles. The first-order valence-corrected chi connectivity index (χ1v) is 14.1. The van der Waals surface area contributed by atoms with Gasteiger partial charge in [0.15, 0.2) is 11.6 Å². The third-order valence-corrected chi connectivity index (χ3v) is 8.01. The van der Waals surface area contributed by atoms with Crippen LogP contribution in [0.3, 0.4) is 0 Å². The van der Waals surface area contributed by atoms with E-state index in [0.29, 0.717) is 70.8 Å². The molecule has 0 radical (unpaired) electrons. The number of piperazine rings is 1. The molecule has 1 saturated heterocycles. The lowest BCUT2D eigenvalue weighted by Crippen LogP contribution is -2.56. The number of benzene rings is 2.